The lowest BCUT2D eigenvalue weighted by molar-refractivity contribution is -0.115. The van der Waals surface area contributed by atoms with Gasteiger partial charge < -0.3 is 15.5 Å². The molecule has 1 heterocycles. The molecule has 0 spiro atoms. The molecule has 1 aliphatic carbocycles. The van der Waals surface area contributed by atoms with Crippen molar-refractivity contribution < 1.29 is 4.79 Å². The van der Waals surface area contributed by atoms with Crippen LogP contribution in [0.15, 0.2) is 24.3 Å². The van der Waals surface area contributed by atoms with Crippen molar-refractivity contribution in [2.45, 2.75) is 19.3 Å². The fourth-order valence-electron chi connectivity index (χ4n) is 2.78. The summed E-state index contributed by atoms with van der Waals surface area (Å²) in [7, 11) is 0. The summed E-state index contributed by atoms with van der Waals surface area (Å²) >= 11 is 2.05. The lowest BCUT2D eigenvalue weighted by Gasteiger charge is -2.26. The number of nitrogens with one attached hydrogen (secondary N) is 2. The minimum Gasteiger partial charge on any atom is -0.325 e. The maximum Gasteiger partial charge on any atom is 0.238 e. The molecule has 0 atom stereocenters. The van der Waals surface area contributed by atoms with Crippen LogP contribution in [0.1, 0.15) is 18.4 Å². The van der Waals surface area contributed by atoms with E-state index in [-0.39, 0.29) is 5.91 Å². The Morgan fingerprint density at radius 1 is 1.17 bits per heavy atom. The smallest absolute Gasteiger partial charge is 0.238 e. The highest BCUT2D eigenvalue weighted by Crippen LogP contribution is 2.27. The molecule has 2 N–H and O–H groups in total. The molecule has 0 aromatic heterocycles. The van der Waals surface area contributed by atoms with Gasteiger partial charge in [-0.1, -0.05) is 12.1 Å². The number of carbonyl (C=O) groups excluding carboxylic acids is 1. The molecule has 1 amide bonds. The molecule has 2 aliphatic rings. The number of thioether (sulfide) groups is 1. The first-order valence-corrected chi connectivity index (χ1v) is 9.85. The van der Waals surface area contributed by atoms with Crippen molar-refractivity contribution in [2.75, 3.05) is 49.5 Å². The Labute approximate surface area is 143 Å². The molecule has 5 heteroatoms. The second kappa shape index (κ2) is 8.71. The monoisotopic (exact) mass is 333 g/mol. The van der Waals surface area contributed by atoms with Crippen LogP contribution in [0.2, 0.25) is 0 Å². The second-order valence-electron chi connectivity index (χ2n) is 6.52. The summed E-state index contributed by atoms with van der Waals surface area (Å²) in [4.78, 5) is 14.4. The van der Waals surface area contributed by atoms with E-state index in [0.29, 0.717) is 6.54 Å². The Bertz CT molecular complexity index is 495. The third-order valence-corrected chi connectivity index (χ3v) is 5.42. The molecule has 1 aromatic rings. The maximum absolute atomic E-state index is 11.8. The highest BCUT2D eigenvalue weighted by molar-refractivity contribution is 7.99. The quantitative estimate of drug-likeness (QED) is 0.766. The van der Waals surface area contributed by atoms with Gasteiger partial charge in [0.2, 0.25) is 5.91 Å². The molecule has 1 aromatic carbocycles. The summed E-state index contributed by atoms with van der Waals surface area (Å²) in [6.45, 7) is 4.95. The molecule has 1 saturated carbocycles. The van der Waals surface area contributed by atoms with Crippen molar-refractivity contribution >= 4 is 23.4 Å². The van der Waals surface area contributed by atoms with Crippen LogP contribution in [0.4, 0.5) is 5.69 Å². The zero-order valence-corrected chi connectivity index (χ0v) is 14.5. The molecular weight excluding hydrogens is 306 g/mol. The van der Waals surface area contributed by atoms with Crippen LogP contribution in [-0.2, 0) is 11.2 Å². The molecule has 4 nitrogen and oxygen atoms in total. The zero-order valence-electron chi connectivity index (χ0n) is 13.7. The second-order valence-corrected chi connectivity index (χ2v) is 7.75. The molecule has 0 unspecified atom stereocenters. The number of benzene rings is 1. The molecule has 23 heavy (non-hydrogen) atoms. The van der Waals surface area contributed by atoms with E-state index in [2.05, 4.69) is 39.4 Å². The number of anilines is 1. The van der Waals surface area contributed by atoms with E-state index in [4.69, 9.17) is 0 Å². The van der Waals surface area contributed by atoms with E-state index in [1.165, 1.54) is 43.0 Å². The van der Waals surface area contributed by atoms with E-state index in [1.54, 1.807) is 0 Å². The fraction of sp³-hybridized carbons (Fsp3) is 0.611. The number of rotatable bonds is 8. The predicted octanol–water partition coefficient (Wildman–Crippen LogP) is 2.22. The number of hydrogen-bond donors (Lipinski definition) is 2. The molecule has 2 fully saturated rings. The lowest BCUT2D eigenvalue weighted by atomic mass is 10.1. The van der Waals surface area contributed by atoms with Crippen molar-refractivity contribution in [1.29, 1.82) is 0 Å². The average molecular weight is 334 g/mol. The Morgan fingerprint density at radius 2 is 1.91 bits per heavy atom. The lowest BCUT2D eigenvalue weighted by Crippen LogP contribution is -2.34. The molecule has 3 rings (SSSR count). The van der Waals surface area contributed by atoms with Crippen LogP contribution >= 0.6 is 11.8 Å². The van der Waals surface area contributed by atoms with Gasteiger partial charge in [0.15, 0.2) is 0 Å². The number of hydrogen-bond acceptors (Lipinski definition) is 4. The van der Waals surface area contributed by atoms with Gasteiger partial charge in [0.1, 0.15) is 0 Å². The fourth-order valence-corrected chi connectivity index (χ4v) is 3.76. The van der Waals surface area contributed by atoms with E-state index in [9.17, 15) is 4.79 Å². The van der Waals surface area contributed by atoms with Crippen molar-refractivity contribution in [3.05, 3.63) is 29.8 Å². The van der Waals surface area contributed by atoms with Gasteiger partial charge in [-0.2, -0.15) is 11.8 Å². The standard InChI is InChI=1S/C18H27N3OS/c22-18(14-19-13-16-1-2-16)20-17-5-3-15(4-6-17)7-8-21-9-11-23-12-10-21/h3-6,16,19H,1-2,7-14H2,(H,20,22). The van der Waals surface area contributed by atoms with Gasteiger partial charge in [-0.05, 0) is 49.4 Å². The summed E-state index contributed by atoms with van der Waals surface area (Å²) in [5.41, 5.74) is 2.23. The highest BCUT2D eigenvalue weighted by atomic mass is 32.2. The van der Waals surface area contributed by atoms with Crippen LogP contribution in [0.25, 0.3) is 0 Å². The van der Waals surface area contributed by atoms with E-state index >= 15 is 0 Å². The van der Waals surface area contributed by atoms with Gasteiger partial charge in [-0.25, -0.2) is 0 Å². The van der Waals surface area contributed by atoms with Crippen molar-refractivity contribution in [2.24, 2.45) is 5.92 Å². The summed E-state index contributed by atoms with van der Waals surface area (Å²) in [6, 6.07) is 8.29. The van der Waals surface area contributed by atoms with Crippen molar-refractivity contribution in [1.82, 2.24) is 10.2 Å². The van der Waals surface area contributed by atoms with Crippen LogP contribution in [0, 0.1) is 5.92 Å². The van der Waals surface area contributed by atoms with Gasteiger partial charge in [0, 0.05) is 36.8 Å². The van der Waals surface area contributed by atoms with Gasteiger partial charge in [-0.3, -0.25) is 4.79 Å². The van der Waals surface area contributed by atoms with Crippen molar-refractivity contribution in [3.63, 3.8) is 0 Å². The maximum atomic E-state index is 11.8. The summed E-state index contributed by atoms with van der Waals surface area (Å²) in [6.07, 6.45) is 3.71. The van der Waals surface area contributed by atoms with E-state index < -0.39 is 0 Å². The average Bonchev–Trinajstić information content (AvgIpc) is 3.39. The van der Waals surface area contributed by atoms with E-state index in [1.807, 2.05) is 12.1 Å². The van der Waals surface area contributed by atoms with Gasteiger partial charge in [0.05, 0.1) is 6.54 Å². The third kappa shape index (κ3) is 6.16. The zero-order chi connectivity index (χ0) is 15.9. The van der Waals surface area contributed by atoms with Gasteiger partial charge in [0.25, 0.3) is 0 Å². The SMILES string of the molecule is O=C(CNCC1CC1)Nc1ccc(CCN2CCSCC2)cc1. The van der Waals surface area contributed by atoms with Crippen LogP contribution in [0.5, 0.6) is 0 Å². The normalized spacial score (nSPS) is 18.8. The first-order chi connectivity index (χ1) is 11.3. The number of carbonyl (C=O) groups is 1. The Kier molecular flexibility index (Phi) is 6.37. The summed E-state index contributed by atoms with van der Waals surface area (Å²) < 4.78 is 0. The van der Waals surface area contributed by atoms with Gasteiger partial charge >= 0.3 is 0 Å². The molecule has 126 valence electrons. The van der Waals surface area contributed by atoms with E-state index in [0.717, 1.165) is 31.1 Å². The molecule has 1 aliphatic heterocycles. The van der Waals surface area contributed by atoms with Crippen LogP contribution in [0.3, 0.4) is 0 Å². The minimum absolute atomic E-state index is 0.0456. The molecule has 0 radical (unpaired) electrons. The Hall–Kier alpha value is -1.04. The largest absolute Gasteiger partial charge is 0.325 e. The minimum atomic E-state index is 0.0456. The summed E-state index contributed by atoms with van der Waals surface area (Å²) in [5, 5.41) is 6.17. The molecular formula is C18H27N3OS. The topological polar surface area (TPSA) is 44.4 Å². The Morgan fingerprint density at radius 3 is 2.61 bits per heavy atom. The number of amides is 1. The van der Waals surface area contributed by atoms with Crippen LogP contribution < -0.4 is 10.6 Å². The third-order valence-electron chi connectivity index (χ3n) is 4.47. The summed E-state index contributed by atoms with van der Waals surface area (Å²) in [5.74, 6) is 3.38. The molecule has 1 saturated heterocycles. The van der Waals surface area contributed by atoms with Crippen molar-refractivity contribution in [3.8, 4) is 0 Å². The molecule has 0 bridgehead atoms. The highest BCUT2D eigenvalue weighted by Gasteiger charge is 2.20. The van der Waals surface area contributed by atoms with Crippen LogP contribution in [-0.4, -0.2) is 55.0 Å². The predicted molar refractivity (Wildman–Crippen MR) is 98.1 cm³/mol. The number of nitrogens with zero attached hydrogens (tertiary/aromatic N) is 1. The Balaban J connectivity index is 1.36. The van der Waals surface area contributed by atoms with Gasteiger partial charge in [-0.15, -0.1) is 0 Å². The first-order valence-electron chi connectivity index (χ1n) is 8.69. The first kappa shape index (κ1) is 16.8.